The maximum atomic E-state index is 13.9. The Morgan fingerprint density at radius 1 is 0.984 bits per heavy atom. The highest BCUT2D eigenvalue weighted by atomic mass is 16.6. The predicted molar refractivity (Wildman–Crippen MR) is 222 cm³/mol. The Morgan fingerprint density at radius 2 is 1.67 bits per heavy atom. The molecule has 61 heavy (non-hydrogen) atoms. The second-order valence-electron chi connectivity index (χ2n) is 18.9. The van der Waals surface area contributed by atoms with E-state index in [0.717, 1.165) is 64.2 Å². The van der Waals surface area contributed by atoms with Crippen molar-refractivity contribution >= 4 is 12.0 Å². The van der Waals surface area contributed by atoms with Gasteiger partial charge in [0, 0.05) is 31.4 Å². The van der Waals surface area contributed by atoms with Crippen LogP contribution in [0, 0.1) is 23.2 Å². The van der Waals surface area contributed by atoms with Crippen molar-refractivity contribution in [3.05, 3.63) is 11.9 Å². The Morgan fingerprint density at radius 3 is 2.34 bits per heavy atom. The molecular formula is C43H73N7O11. The third-order valence-electron chi connectivity index (χ3n) is 12.9. The molecule has 2 heterocycles. The first kappa shape index (κ1) is 49.0. The molecule has 18 nitrogen and oxygen atoms in total. The summed E-state index contributed by atoms with van der Waals surface area (Å²) >= 11 is 0. The summed E-state index contributed by atoms with van der Waals surface area (Å²) in [5.74, 6) is 0.549. The van der Waals surface area contributed by atoms with E-state index in [9.17, 15) is 35.3 Å². The lowest BCUT2D eigenvalue weighted by atomic mass is 9.50. The number of aromatic nitrogens is 3. The highest BCUT2D eigenvalue weighted by molar-refractivity contribution is 5.81. The highest BCUT2D eigenvalue weighted by Crippen LogP contribution is 2.61. The Hall–Kier alpha value is -2.99. The molecular weight excluding hydrogens is 791 g/mol. The van der Waals surface area contributed by atoms with Crippen LogP contribution in [0.1, 0.15) is 110 Å². The number of ether oxygens (including phenoxy) is 4. The number of aliphatic hydroxyl groups is 5. The molecule has 18 heteroatoms. The number of unbranched alkanes of at least 4 members (excludes halogenated alkanes) is 3. The third-order valence-corrected chi connectivity index (χ3v) is 12.9. The number of hydrogen-bond acceptors (Lipinski definition) is 15. The Kier molecular flexibility index (Phi) is 18.1. The van der Waals surface area contributed by atoms with E-state index in [4.69, 9.17) is 24.1 Å². The number of carbonyl (C=O) groups excluding carboxylic acids is 2. The van der Waals surface area contributed by atoms with Crippen LogP contribution in [0.25, 0.3) is 0 Å². The molecule has 2 unspecified atom stereocenters. The number of nitrogens with zero attached hydrogens (tertiary/aromatic N) is 7. The first-order chi connectivity index (χ1) is 29.1. The van der Waals surface area contributed by atoms with Crippen LogP contribution in [-0.4, -0.2) is 180 Å². The van der Waals surface area contributed by atoms with Crippen LogP contribution in [0.3, 0.4) is 0 Å². The van der Waals surface area contributed by atoms with Crippen LogP contribution in [0.2, 0.25) is 0 Å². The average molecular weight is 864 g/mol. The van der Waals surface area contributed by atoms with Gasteiger partial charge in [-0.25, -0.2) is 9.48 Å². The Balaban J connectivity index is 1.02. The molecule has 4 bridgehead atoms. The number of nitriles is 1. The molecule has 1 aromatic heterocycles. The third kappa shape index (κ3) is 13.3. The zero-order valence-electron chi connectivity index (χ0n) is 36.9. The summed E-state index contributed by atoms with van der Waals surface area (Å²) in [6.07, 6.45) is 6.09. The minimum Gasteiger partial charge on any atom is -0.439 e. The molecule has 7 atom stereocenters. The molecule has 2 amide bonds. The van der Waals surface area contributed by atoms with E-state index in [2.05, 4.69) is 23.3 Å². The lowest BCUT2D eigenvalue weighted by Gasteiger charge is -2.65. The monoisotopic (exact) mass is 864 g/mol. The highest BCUT2D eigenvalue weighted by Gasteiger charge is 2.63. The summed E-state index contributed by atoms with van der Waals surface area (Å²) in [5, 5.41) is 67.8. The fraction of sp³-hybridized carbons (Fsp3) is 0.884. The van der Waals surface area contributed by atoms with Gasteiger partial charge in [0.05, 0.1) is 75.2 Å². The average Bonchev–Trinajstić information content (AvgIpc) is 3.88. The zero-order chi connectivity index (χ0) is 44.2. The quantitative estimate of drug-likeness (QED) is 0.0838. The second kappa shape index (κ2) is 22.6. The summed E-state index contributed by atoms with van der Waals surface area (Å²) in [6.45, 7) is 11.1. The van der Waals surface area contributed by atoms with Crippen LogP contribution in [0.4, 0.5) is 4.79 Å². The number of hydrogen-bond donors (Lipinski definition) is 5. The number of likely N-dealkylation sites (tertiary alicyclic amines) is 1. The SMILES string of the molecule is CCCCCCN(Cc1cn(CCOCCOCCOC23CC4CC(C2)CC(N(C(=O)OCC(=O)N2CCC[C@H]2C#N)C(C)(C)C)(C4)C3)nn1)C[C@H](O)[C@@H](O)[C@H](O)[C@H](O)CO. The molecule has 5 aliphatic rings. The van der Waals surface area contributed by atoms with E-state index < -0.39 is 54.2 Å². The molecule has 4 saturated carbocycles. The van der Waals surface area contributed by atoms with Gasteiger partial charge in [-0.05, 0) is 96.9 Å². The van der Waals surface area contributed by atoms with Crippen molar-refractivity contribution < 1.29 is 54.1 Å². The first-order valence-electron chi connectivity index (χ1n) is 22.5. The second-order valence-corrected chi connectivity index (χ2v) is 18.9. The molecule has 346 valence electrons. The van der Waals surface area contributed by atoms with Crippen molar-refractivity contribution in [1.29, 1.82) is 5.26 Å². The van der Waals surface area contributed by atoms with E-state index in [1.165, 1.54) is 4.90 Å². The first-order valence-corrected chi connectivity index (χ1v) is 22.5. The topological polar surface area (TPSA) is 236 Å². The smallest absolute Gasteiger partial charge is 0.411 e. The van der Waals surface area contributed by atoms with Crippen molar-refractivity contribution in [3.63, 3.8) is 0 Å². The van der Waals surface area contributed by atoms with E-state index in [1.54, 1.807) is 4.68 Å². The molecule has 5 N–H and O–H groups in total. The maximum absolute atomic E-state index is 13.9. The van der Waals surface area contributed by atoms with Gasteiger partial charge >= 0.3 is 6.09 Å². The number of amides is 2. The van der Waals surface area contributed by atoms with Gasteiger partial charge < -0.3 is 49.4 Å². The van der Waals surface area contributed by atoms with Gasteiger partial charge in [0.25, 0.3) is 5.91 Å². The Labute approximate surface area is 361 Å². The van der Waals surface area contributed by atoms with Crippen molar-refractivity contribution in [2.75, 3.05) is 65.9 Å². The fourth-order valence-corrected chi connectivity index (χ4v) is 10.7. The molecule has 1 saturated heterocycles. The van der Waals surface area contributed by atoms with Crippen LogP contribution in [-0.2, 0) is 36.8 Å². The zero-order valence-corrected chi connectivity index (χ0v) is 36.9. The van der Waals surface area contributed by atoms with E-state index in [0.29, 0.717) is 89.6 Å². The lowest BCUT2D eigenvalue weighted by Crippen LogP contribution is -2.70. The van der Waals surface area contributed by atoms with Crippen molar-refractivity contribution in [2.24, 2.45) is 11.8 Å². The van der Waals surface area contributed by atoms with Crippen molar-refractivity contribution in [1.82, 2.24) is 29.7 Å². The minimum atomic E-state index is -1.68. The van der Waals surface area contributed by atoms with Crippen LogP contribution < -0.4 is 0 Å². The molecule has 6 rings (SSSR count). The largest absolute Gasteiger partial charge is 0.439 e. The molecule has 0 spiro atoms. The molecule has 1 aliphatic heterocycles. The van der Waals surface area contributed by atoms with Gasteiger partial charge in [-0.3, -0.25) is 14.6 Å². The standard InChI is InChI=1S/C43H73N7O11/c1-5-6-7-8-11-47(27-35(52)38(55)39(56)36(53)28-51)25-33-26-48(46-45-33)13-14-58-15-16-59-17-18-61-43-22-31-19-32(23-43)21-42(20-31,30-43)50(41(2,3)4)40(57)60-29-37(54)49-12-9-10-34(49)24-44/h26,31-32,34-36,38-39,51-53,55-56H,5-23,25,27-30H2,1-4H3/t31?,32?,34-,35-,36+,38+,39+,42?,43?/m0/s1. The molecule has 5 fully saturated rings. The predicted octanol–water partition coefficient (Wildman–Crippen LogP) is 1.99. The summed E-state index contributed by atoms with van der Waals surface area (Å²) in [4.78, 5) is 32.2. The van der Waals surface area contributed by atoms with Gasteiger partial charge in [-0.15, -0.1) is 5.10 Å². The summed E-state index contributed by atoms with van der Waals surface area (Å²) in [6, 6.07) is 1.72. The number of aliphatic hydroxyl groups excluding tert-OH is 5. The summed E-state index contributed by atoms with van der Waals surface area (Å²) in [5.41, 5.74) is -0.650. The fourth-order valence-electron chi connectivity index (χ4n) is 10.7. The van der Waals surface area contributed by atoms with Gasteiger partial charge in [0.1, 0.15) is 24.4 Å². The van der Waals surface area contributed by atoms with Crippen LogP contribution >= 0.6 is 0 Å². The van der Waals surface area contributed by atoms with E-state index in [-0.39, 0.29) is 24.7 Å². The van der Waals surface area contributed by atoms with Crippen LogP contribution in [0.5, 0.6) is 0 Å². The van der Waals surface area contributed by atoms with E-state index >= 15 is 0 Å². The maximum Gasteiger partial charge on any atom is 0.411 e. The van der Waals surface area contributed by atoms with Crippen LogP contribution in [0.15, 0.2) is 6.20 Å². The number of rotatable bonds is 26. The van der Waals surface area contributed by atoms with Gasteiger partial charge in [-0.1, -0.05) is 31.4 Å². The summed E-state index contributed by atoms with van der Waals surface area (Å²) < 4.78 is 25.8. The van der Waals surface area contributed by atoms with E-state index in [1.807, 2.05) is 36.8 Å². The van der Waals surface area contributed by atoms with Gasteiger partial charge in [0.15, 0.2) is 6.61 Å². The van der Waals surface area contributed by atoms with Gasteiger partial charge in [0.2, 0.25) is 0 Å². The van der Waals surface area contributed by atoms with Crippen molar-refractivity contribution in [2.45, 2.75) is 165 Å². The van der Waals surface area contributed by atoms with Crippen molar-refractivity contribution in [3.8, 4) is 6.07 Å². The molecule has 1 aromatic rings. The minimum absolute atomic E-state index is 0.0360. The Bertz CT molecular complexity index is 1560. The number of carbonyl (C=O) groups is 2. The molecule has 0 aromatic carbocycles. The molecule has 0 radical (unpaired) electrons. The van der Waals surface area contributed by atoms with Gasteiger partial charge in [-0.2, -0.15) is 5.26 Å². The molecule has 4 aliphatic carbocycles. The normalized spacial score (nSPS) is 26.6. The lowest BCUT2D eigenvalue weighted by molar-refractivity contribution is -0.209. The summed E-state index contributed by atoms with van der Waals surface area (Å²) in [7, 11) is 0.